The van der Waals surface area contributed by atoms with E-state index in [0.29, 0.717) is 39.3 Å². The van der Waals surface area contributed by atoms with Crippen molar-refractivity contribution in [3.05, 3.63) is 48.6 Å². The van der Waals surface area contributed by atoms with Crippen molar-refractivity contribution in [1.29, 1.82) is 0 Å². The van der Waals surface area contributed by atoms with Gasteiger partial charge in [0.05, 0.1) is 0 Å². The Morgan fingerprint density at radius 3 is 0.600 bits per heavy atom. The molecule has 1 aliphatic heterocycles. The normalized spacial score (nSPS) is 14.3. The van der Waals surface area contributed by atoms with E-state index in [0.717, 1.165) is 155 Å². The molecule has 16 nitrogen and oxygen atoms in total. The molecule has 110 heavy (non-hydrogen) atoms. The number of nitrogens with zero attached hydrogens (tertiary/aromatic N) is 4. The summed E-state index contributed by atoms with van der Waals surface area (Å²) in [6, 6.07) is 0. The highest BCUT2D eigenvalue weighted by Crippen LogP contribution is 2.17. The Bertz CT molecular complexity index is 1870. The summed E-state index contributed by atoms with van der Waals surface area (Å²) in [5, 5.41) is 56.8. The van der Waals surface area contributed by atoms with Gasteiger partial charge in [-0.3, -0.25) is 29.0 Å². The van der Waals surface area contributed by atoms with E-state index in [1.165, 1.54) is 257 Å². The molecule has 0 aliphatic carbocycles. The SMILES string of the molecule is CCCCCCCC/C=C\CCCCCCCCNC(=O)C(O)CN(CCCN1CCN(CCCN(CC(O)C(=O)NCCCCCCCC/C=C\CCCCCCCC)CC(O)C(=O)NCCCCCCCC/C=C\CCCCCCCC)CC1)CC(O)C(=O)NCCCCCCCC/C=C\CCCCCCCC. The minimum absolute atomic E-state index is 0.0169. The van der Waals surface area contributed by atoms with Crippen LogP contribution in [-0.4, -0.2) is 193 Å². The van der Waals surface area contributed by atoms with Crippen molar-refractivity contribution in [2.75, 3.05) is 105 Å². The van der Waals surface area contributed by atoms with Gasteiger partial charge in [0.1, 0.15) is 24.4 Å². The molecule has 644 valence electrons. The number of rotatable bonds is 84. The average Bonchev–Trinajstić information content (AvgIpc) is 0.891. The molecule has 1 fully saturated rings. The molecule has 0 spiro atoms. The summed E-state index contributed by atoms with van der Waals surface area (Å²) in [6.45, 7) is 17.1. The van der Waals surface area contributed by atoms with Crippen LogP contribution < -0.4 is 21.3 Å². The van der Waals surface area contributed by atoms with Gasteiger partial charge < -0.3 is 51.5 Å². The van der Waals surface area contributed by atoms with Gasteiger partial charge >= 0.3 is 0 Å². The Kier molecular flexibility index (Phi) is 78.0. The Morgan fingerprint density at radius 1 is 0.255 bits per heavy atom. The summed E-state index contributed by atoms with van der Waals surface area (Å²) < 4.78 is 0. The molecule has 1 rings (SSSR count). The Labute approximate surface area is 678 Å². The van der Waals surface area contributed by atoms with E-state index in [1.54, 1.807) is 0 Å². The molecule has 8 N–H and O–H groups in total. The summed E-state index contributed by atoms with van der Waals surface area (Å²) in [7, 11) is 0. The van der Waals surface area contributed by atoms with Crippen molar-refractivity contribution in [1.82, 2.24) is 40.9 Å². The zero-order valence-electron chi connectivity index (χ0n) is 72.5. The van der Waals surface area contributed by atoms with E-state index in [-0.39, 0.29) is 26.2 Å². The van der Waals surface area contributed by atoms with Gasteiger partial charge in [-0.1, -0.05) is 307 Å². The van der Waals surface area contributed by atoms with E-state index in [4.69, 9.17) is 0 Å². The number of carbonyl (C=O) groups is 4. The molecule has 0 bridgehead atoms. The predicted octanol–water partition coefficient (Wildman–Crippen LogP) is 20.0. The Hall–Kier alpha value is -3.48. The maximum Gasteiger partial charge on any atom is 0.250 e. The predicted molar refractivity (Wildman–Crippen MR) is 469 cm³/mol. The van der Waals surface area contributed by atoms with Crippen molar-refractivity contribution in [3.63, 3.8) is 0 Å². The molecule has 0 aromatic heterocycles. The number of amides is 4. The molecule has 4 unspecified atom stereocenters. The van der Waals surface area contributed by atoms with Gasteiger partial charge in [-0.05, 0) is 167 Å². The van der Waals surface area contributed by atoms with E-state index in [1.807, 2.05) is 9.80 Å². The van der Waals surface area contributed by atoms with E-state index in [2.05, 4.69) is 107 Å². The summed E-state index contributed by atoms with van der Waals surface area (Å²) in [5.74, 6) is -1.69. The Morgan fingerprint density at radius 2 is 0.418 bits per heavy atom. The topological polar surface area (TPSA) is 210 Å². The van der Waals surface area contributed by atoms with Crippen LogP contribution in [0.4, 0.5) is 0 Å². The number of piperazine rings is 1. The molecule has 0 radical (unpaired) electrons. The molecule has 0 saturated carbocycles. The number of nitrogens with one attached hydrogen (secondary N) is 4. The van der Waals surface area contributed by atoms with Gasteiger partial charge in [-0.2, -0.15) is 0 Å². The second-order valence-corrected chi connectivity index (χ2v) is 32.9. The lowest BCUT2D eigenvalue weighted by atomic mass is 10.1. The van der Waals surface area contributed by atoms with Crippen LogP contribution in [0.15, 0.2) is 48.6 Å². The van der Waals surface area contributed by atoms with Gasteiger partial charge in [0.15, 0.2) is 0 Å². The fourth-order valence-corrected chi connectivity index (χ4v) is 14.9. The molecule has 16 heteroatoms. The molecule has 1 aliphatic rings. The highest BCUT2D eigenvalue weighted by molar-refractivity contribution is 5.82. The summed E-state index contributed by atoms with van der Waals surface area (Å²) in [6.07, 6.45) is 83.0. The first-order valence-corrected chi connectivity index (χ1v) is 47.3. The molecule has 4 atom stereocenters. The molecule has 1 heterocycles. The number of aliphatic hydroxyl groups excluding tert-OH is 4. The summed E-state index contributed by atoms with van der Waals surface area (Å²) in [4.78, 5) is 61.7. The van der Waals surface area contributed by atoms with Crippen molar-refractivity contribution in [2.24, 2.45) is 0 Å². The first-order chi connectivity index (χ1) is 53.9. The van der Waals surface area contributed by atoms with Gasteiger partial charge in [0, 0.05) is 78.5 Å². The third-order valence-corrected chi connectivity index (χ3v) is 22.2. The first-order valence-electron chi connectivity index (χ1n) is 47.3. The average molecular weight is 1550 g/mol. The molecule has 0 aromatic rings. The van der Waals surface area contributed by atoms with Crippen molar-refractivity contribution >= 4 is 23.6 Å². The highest BCUT2D eigenvalue weighted by Gasteiger charge is 2.27. The smallest absolute Gasteiger partial charge is 0.250 e. The lowest BCUT2D eigenvalue weighted by Gasteiger charge is -2.36. The second kappa shape index (κ2) is 82.1. The van der Waals surface area contributed by atoms with Crippen molar-refractivity contribution in [2.45, 2.75) is 425 Å². The number of hydrogen-bond donors (Lipinski definition) is 8. The molecule has 4 amide bonds. The third kappa shape index (κ3) is 70.0. The van der Waals surface area contributed by atoms with Crippen molar-refractivity contribution in [3.8, 4) is 0 Å². The van der Waals surface area contributed by atoms with Gasteiger partial charge in [0.25, 0.3) is 0 Å². The van der Waals surface area contributed by atoms with Gasteiger partial charge in [0.2, 0.25) is 23.6 Å². The van der Waals surface area contributed by atoms with Gasteiger partial charge in [-0.25, -0.2) is 0 Å². The summed E-state index contributed by atoms with van der Waals surface area (Å²) >= 11 is 0. The van der Waals surface area contributed by atoms with Crippen LogP contribution in [0.25, 0.3) is 0 Å². The zero-order chi connectivity index (χ0) is 79.7. The lowest BCUT2D eigenvalue weighted by Crippen LogP contribution is -2.50. The first kappa shape index (κ1) is 105. The largest absolute Gasteiger partial charge is 0.382 e. The van der Waals surface area contributed by atoms with Gasteiger partial charge in [-0.15, -0.1) is 0 Å². The molecule has 0 aromatic carbocycles. The van der Waals surface area contributed by atoms with Crippen LogP contribution in [0.5, 0.6) is 0 Å². The summed E-state index contributed by atoms with van der Waals surface area (Å²) in [5.41, 5.74) is 0. The van der Waals surface area contributed by atoms with Crippen LogP contribution >= 0.6 is 0 Å². The zero-order valence-corrected chi connectivity index (χ0v) is 72.5. The minimum Gasteiger partial charge on any atom is -0.382 e. The fraction of sp³-hybridized carbons (Fsp3) is 0.872. The van der Waals surface area contributed by atoms with Crippen LogP contribution in [0.3, 0.4) is 0 Å². The third-order valence-electron chi connectivity index (χ3n) is 22.2. The maximum atomic E-state index is 13.3. The Balaban J connectivity index is 2.78. The number of hydrogen-bond acceptors (Lipinski definition) is 12. The standard InChI is InChI=1S/C94H180N8O8/c1-5-9-13-17-21-25-29-33-37-41-45-49-53-57-61-65-71-95-91(107)87(103)83-101(84-88(104)92(108)96-72-66-62-58-54-50-46-42-38-34-30-26-22-18-14-10-6-2)77-69-75-99-79-81-100(82-80-99)76-70-78-102(85-89(105)93(109)97-73-67-63-59-55-51-47-43-39-35-31-27-23-19-15-11-7-3)86-90(106)94(110)98-74-68-64-60-56-52-48-44-40-36-32-28-24-20-16-12-8-4/h33-40,87-90,103-106H,5-32,41-86H2,1-4H3,(H,95,107)(H,96,108)(H,97,109)(H,98,110)/b37-33-,38-34-,39-35-,40-36-. The number of aliphatic hydroxyl groups is 4. The lowest BCUT2D eigenvalue weighted by molar-refractivity contribution is -0.133. The van der Waals surface area contributed by atoms with E-state index < -0.39 is 48.0 Å². The van der Waals surface area contributed by atoms with E-state index >= 15 is 0 Å². The van der Waals surface area contributed by atoms with Crippen LogP contribution in [-0.2, 0) is 19.2 Å². The number of unbranched alkanes of at least 4 members (excludes halogenated alkanes) is 48. The maximum absolute atomic E-state index is 13.3. The van der Waals surface area contributed by atoms with Crippen molar-refractivity contribution < 1.29 is 39.6 Å². The quantitative estimate of drug-likeness (QED) is 0.0211. The number of carbonyl (C=O) groups excluding carboxylic acids is 4. The molecular formula is C94H180N8O8. The minimum atomic E-state index is -1.30. The molecule has 1 saturated heterocycles. The second-order valence-electron chi connectivity index (χ2n) is 32.9. The number of allylic oxidation sites excluding steroid dienone is 8. The van der Waals surface area contributed by atoms with Crippen LogP contribution in [0.1, 0.15) is 400 Å². The fourth-order valence-electron chi connectivity index (χ4n) is 14.9. The monoisotopic (exact) mass is 1550 g/mol. The highest BCUT2D eigenvalue weighted by atomic mass is 16.3. The molecular weight excluding hydrogens is 1370 g/mol. The van der Waals surface area contributed by atoms with Crippen LogP contribution in [0.2, 0.25) is 0 Å². The van der Waals surface area contributed by atoms with E-state index in [9.17, 15) is 39.6 Å². The van der Waals surface area contributed by atoms with Crippen LogP contribution in [0, 0.1) is 0 Å².